The van der Waals surface area contributed by atoms with Gasteiger partial charge < -0.3 is 19.4 Å². The van der Waals surface area contributed by atoms with Crippen LogP contribution in [0, 0.1) is 6.92 Å². The van der Waals surface area contributed by atoms with Gasteiger partial charge in [0.25, 0.3) is 0 Å². The number of hydrogen-bond acceptors (Lipinski definition) is 8. The summed E-state index contributed by atoms with van der Waals surface area (Å²) in [7, 11) is 2.15. The number of para-hydroxylation sites is 2. The molecule has 0 aliphatic carbocycles. The van der Waals surface area contributed by atoms with Gasteiger partial charge >= 0.3 is 0 Å². The highest BCUT2D eigenvalue weighted by molar-refractivity contribution is 5.76. The zero-order valence-electron chi connectivity index (χ0n) is 18.2. The van der Waals surface area contributed by atoms with Crippen LogP contribution in [0.4, 0.5) is 17.6 Å². The van der Waals surface area contributed by atoms with E-state index >= 15 is 0 Å². The lowest BCUT2D eigenvalue weighted by molar-refractivity contribution is 0.122. The molecule has 162 valence electrons. The first kappa shape index (κ1) is 19.9. The third kappa shape index (κ3) is 4.12. The number of fused-ring (bicyclic) bond motifs is 1. The Labute approximate surface area is 182 Å². The van der Waals surface area contributed by atoms with Gasteiger partial charge in [-0.2, -0.15) is 4.98 Å². The van der Waals surface area contributed by atoms with Crippen molar-refractivity contribution in [1.82, 2.24) is 19.9 Å². The number of aromatic nitrogens is 4. The van der Waals surface area contributed by atoms with Gasteiger partial charge in [-0.15, -0.1) is 0 Å². The van der Waals surface area contributed by atoms with Crippen LogP contribution in [0.3, 0.4) is 0 Å². The number of rotatable bonds is 4. The van der Waals surface area contributed by atoms with Crippen LogP contribution >= 0.6 is 0 Å². The number of nitrogens with zero attached hydrogens (tertiary/aromatic N) is 7. The molecule has 0 radical (unpaired) electrons. The van der Waals surface area contributed by atoms with Crippen molar-refractivity contribution in [2.45, 2.75) is 25.8 Å². The first-order valence-corrected chi connectivity index (χ1v) is 11.1. The second-order valence-corrected chi connectivity index (χ2v) is 8.26. The number of piperidine rings is 1. The quantitative estimate of drug-likeness (QED) is 0.639. The number of benzene rings is 1. The summed E-state index contributed by atoms with van der Waals surface area (Å²) < 4.78 is 5.45. The molecule has 0 atom stereocenters. The SMILES string of the molecule is Cc1nc2ccccc2nc1N1CCC(N(C)c2ccnc(N3CCOCC3)n2)CC1. The summed E-state index contributed by atoms with van der Waals surface area (Å²) >= 11 is 0. The van der Waals surface area contributed by atoms with E-state index in [-0.39, 0.29) is 0 Å². The van der Waals surface area contributed by atoms with Gasteiger partial charge in [0.05, 0.1) is 29.9 Å². The van der Waals surface area contributed by atoms with Gasteiger partial charge in [-0.05, 0) is 38.0 Å². The standard InChI is InChI=1S/C23H29N7O/c1-17-22(26-20-6-4-3-5-19(20)25-17)29-11-8-18(9-12-29)28(2)21-7-10-24-23(27-21)30-13-15-31-16-14-30/h3-7,10,18H,8-9,11-16H2,1-2H3. The second kappa shape index (κ2) is 8.63. The molecule has 4 heterocycles. The molecule has 2 aromatic heterocycles. The maximum Gasteiger partial charge on any atom is 0.227 e. The van der Waals surface area contributed by atoms with E-state index in [1.54, 1.807) is 0 Å². The predicted octanol–water partition coefficient (Wildman–Crippen LogP) is 2.67. The molecule has 2 aliphatic rings. The summed E-state index contributed by atoms with van der Waals surface area (Å²) in [6, 6.07) is 10.5. The highest BCUT2D eigenvalue weighted by Gasteiger charge is 2.26. The number of morpholine rings is 1. The zero-order valence-corrected chi connectivity index (χ0v) is 18.2. The fourth-order valence-electron chi connectivity index (χ4n) is 4.48. The molecular formula is C23H29N7O. The average molecular weight is 420 g/mol. The van der Waals surface area contributed by atoms with Crippen LogP contribution in [-0.4, -0.2) is 72.4 Å². The van der Waals surface area contributed by atoms with Gasteiger partial charge in [-0.3, -0.25) is 0 Å². The maximum atomic E-state index is 5.45. The minimum Gasteiger partial charge on any atom is -0.378 e. The molecule has 2 aliphatic heterocycles. The van der Waals surface area contributed by atoms with E-state index in [2.05, 4.69) is 33.7 Å². The molecule has 0 N–H and O–H groups in total. The Hall–Kier alpha value is -3.00. The Morgan fingerprint density at radius 3 is 2.35 bits per heavy atom. The van der Waals surface area contributed by atoms with Gasteiger partial charge in [0.15, 0.2) is 5.82 Å². The first-order valence-electron chi connectivity index (χ1n) is 11.1. The molecule has 31 heavy (non-hydrogen) atoms. The van der Waals surface area contributed by atoms with E-state index in [1.165, 1.54) is 0 Å². The van der Waals surface area contributed by atoms with Gasteiger partial charge in [0.1, 0.15) is 5.82 Å². The minimum absolute atomic E-state index is 0.442. The summed E-state index contributed by atoms with van der Waals surface area (Å²) in [4.78, 5) is 25.9. The summed E-state index contributed by atoms with van der Waals surface area (Å²) in [5, 5.41) is 0. The molecule has 0 bridgehead atoms. The fourth-order valence-corrected chi connectivity index (χ4v) is 4.48. The molecule has 8 nitrogen and oxygen atoms in total. The van der Waals surface area contributed by atoms with E-state index < -0.39 is 0 Å². The summed E-state index contributed by atoms with van der Waals surface area (Å²) in [5.74, 6) is 2.79. The largest absolute Gasteiger partial charge is 0.378 e. The average Bonchev–Trinajstić information content (AvgIpc) is 2.84. The summed E-state index contributed by atoms with van der Waals surface area (Å²) in [6.07, 6.45) is 3.98. The molecule has 0 saturated carbocycles. The fraction of sp³-hybridized carbons (Fsp3) is 0.478. The number of ether oxygens (including phenoxy) is 1. The van der Waals surface area contributed by atoms with Crippen molar-refractivity contribution >= 4 is 28.6 Å². The van der Waals surface area contributed by atoms with Crippen molar-refractivity contribution in [3.05, 3.63) is 42.2 Å². The predicted molar refractivity (Wildman–Crippen MR) is 123 cm³/mol. The Morgan fingerprint density at radius 1 is 0.903 bits per heavy atom. The number of hydrogen-bond donors (Lipinski definition) is 0. The van der Waals surface area contributed by atoms with Gasteiger partial charge in [0.2, 0.25) is 5.95 Å². The maximum absolute atomic E-state index is 5.45. The molecule has 0 spiro atoms. The lowest BCUT2D eigenvalue weighted by atomic mass is 10.0. The van der Waals surface area contributed by atoms with Crippen LogP contribution in [0.15, 0.2) is 36.5 Å². The molecular weight excluding hydrogens is 390 g/mol. The summed E-state index contributed by atoms with van der Waals surface area (Å²) in [5.41, 5.74) is 2.91. The van der Waals surface area contributed by atoms with E-state index in [9.17, 15) is 0 Å². The Morgan fingerprint density at radius 2 is 1.61 bits per heavy atom. The highest BCUT2D eigenvalue weighted by Crippen LogP contribution is 2.27. The third-order valence-corrected chi connectivity index (χ3v) is 6.32. The van der Waals surface area contributed by atoms with Crippen LogP contribution in [0.5, 0.6) is 0 Å². The normalized spacial score (nSPS) is 17.9. The van der Waals surface area contributed by atoms with E-state index in [0.29, 0.717) is 6.04 Å². The van der Waals surface area contributed by atoms with Crippen molar-refractivity contribution in [1.29, 1.82) is 0 Å². The van der Waals surface area contributed by atoms with Crippen LogP contribution in [0.1, 0.15) is 18.5 Å². The Bertz CT molecular complexity index is 1050. The smallest absolute Gasteiger partial charge is 0.227 e. The third-order valence-electron chi connectivity index (χ3n) is 6.32. The van der Waals surface area contributed by atoms with Crippen LogP contribution in [-0.2, 0) is 4.74 Å². The van der Waals surface area contributed by atoms with Crippen molar-refractivity contribution in [3.8, 4) is 0 Å². The minimum atomic E-state index is 0.442. The van der Waals surface area contributed by atoms with E-state index in [0.717, 1.165) is 86.5 Å². The first-order chi connectivity index (χ1) is 15.2. The Kier molecular flexibility index (Phi) is 5.55. The second-order valence-electron chi connectivity index (χ2n) is 8.26. The van der Waals surface area contributed by atoms with Crippen molar-refractivity contribution < 1.29 is 4.74 Å². The number of aryl methyl sites for hydroxylation is 1. The zero-order chi connectivity index (χ0) is 21.2. The topological polar surface area (TPSA) is 70.5 Å². The van der Waals surface area contributed by atoms with Crippen LogP contribution < -0.4 is 14.7 Å². The molecule has 0 amide bonds. The summed E-state index contributed by atoms with van der Waals surface area (Å²) in [6.45, 7) is 7.14. The Balaban J connectivity index is 1.27. The number of anilines is 3. The van der Waals surface area contributed by atoms with E-state index in [4.69, 9.17) is 19.7 Å². The van der Waals surface area contributed by atoms with E-state index in [1.807, 2.05) is 36.5 Å². The molecule has 1 aromatic carbocycles. The lowest BCUT2D eigenvalue weighted by Crippen LogP contribution is -2.44. The van der Waals surface area contributed by atoms with Gasteiger partial charge in [-0.25, -0.2) is 15.0 Å². The monoisotopic (exact) mass is 419 g/mol. The van der Waals surface area contributed by atoms with Crippen LogP contribution in [0.2, 0.25) is 0 Å². The molecule has 5 rings (SSSR count). The van der Waals surface area contributed by atoms with Crippen molar-refractivity contribution in [2.75, 3.05) is 61.1 Å². The van der Waals surface area contributed by atoms with Gasteiger partial charge in [0, 0.05) is 45.5 Å². The molecule has 3 aromatic rings. The molecule has 2 saturated heterocycles. The molecule has 0 unspecified atom stereocenters. The van der Waals surface area contributed by atoms with Crippen LogP contribution in [0.25, 0.3) is 11.0 Å². The molecule has 8 heteroatoms. The van der Waals surface area contributed by atoms with Crippen molar-refractivity contribution in [3.63, 3.8) is 0 Å². The van der Waals surface area contributed by atoms with Crippen molar-refractivity contribution in [2.24, 2.45) is 0 Å². The lowest BCUT2D eigenvalue weighted by Gasteiger charge is -2.38. The highest BCUT2D eigenvalue weighted by atomic mass is 16.5. The van der Waals surface area contributed by atoms with Gasteiger partial charge in [-0.1, -0.05) is 12.1 Å². The molecule has 2 fully saturated rings.